The Morgan fingerprint density at radius 1 is 1.03 bits per heavy atom. The molecule has 2 atom stereocenters. The van der Waals surface area contributed by atoms with Gasteiger partial charge in [-0.3, -0.25) is 24.2 Å². The van der Waals surface area contributed by atoms with E-state index in [-0.39, 0.29) is 29.9 Å². The highest BCUT2D eigenvalue weighted by Crippen LogP contribution is 2.26. The van der Waals surface area contributed by atoms with Crippen LogP contribution in [0.3, 0.4) is 0 Å². The second-order valence-corrected chi connectivity index (χ2v) is 9.59. The number of amides is 3. The molecule has 0 aliphatic carbocycles. The molecule has 0 bridgehead atoms. The summed E-state index contributed by atoms with van der Waals surface area (Å²) in [6, 6.07) is 4.95. The number of hydrogen-bond donors (Lipinski definition) is 0. The van der Waals surface area contributed by atoms with Crippen molar-refractivity contribution in [3.05, 3.63) is 34.9 Å². The van der Waals surface area contributed by atoms with E-state index in [0.29, 0.717) is 29.2 Å². The fraction of sp³-hybridized carbons (Fsp3) is 0.640. The van der Waals surface area contributed by atoms with E-state index in [1.807, 2.05) is 11.8 Å². The van der Waals surface area contributed by atoms with E-state index in [0.717, 1.165) is 58.4 Å². The van der Waals surface area contributed by atoms with E-state index in [9.17, 15) is 14.4 Å². The van der Waals surface area contributed by atoms with Crippen LogP contribution in [0.2, 0.25) is 0 Å². The van der Waals surface area contributed by atoms with Crippen molar-refractivity contribution in [1.82, 2.24) is 14.7 Å². The molecule has 3 amide bonds. The number of unbranched alkanes of at least 4 members (excludes halogenated alkanes) is 1. The number of benzene rings is 1. The molecular formula is C25H35N3O4. The molecule has 1 aromatic carbocycles. The van der Waals surface area contributed by atoms with Crippen molar-refractivity contribution in [1.29, 1.82) is 0 Å². The summed E-state index contributed by atoms with van der Waals surface area (Å²) < 4.78 is 5.83. The summed E-state index contributed by atoms with van der Waals surface area (Å²) in [6.07, 6.45) is 4.21. The number of ether oxygens (including phenoxy) is 1. The SMILES string of the molecule is CCCCN1C(=O)c2ccc(C(=O)N3CCC(CN4CC(C)OC(C)C4)CC3)cc2C1=O. The Hall–Kier alpha value is -2.25. The van der Waals surface area contributed by atoms with Crippen molar-refractivity contribution in [2.45, 2.75) is 58.7 Å². The first-order chi connectivity index (χ1) is 15.4. The summed E-state index contributed by atoms with van der Waals surface area (Å²) in [6.45, 7) is 11.2. The maximum Gasteiger partial charge on any atom is 0.261 e. The van der Waals surface area contributed by atoms with Crippen molar-refractivity contribution >= 4 is 17.7 Å². The lowest BCUT2D eigenvalue weighted by molar-refractivity contribution is -0.0728. The zero-order valence-electron chi connectivity index (χ0n) is 19.5. The van der Waals surface area contributed by atoms with Gasteiger partial charge in [-0.2, -0.15) is 0 Å². The molecule has 3 aliphatic heterocycles. The van der Waals surface area contributed by atoms with Crippen molar-refractivity contribution < 1.29 is 19.1 Å². The molecule has 0 spiro atoms. The first-order valence-corrected chi connectivity index (χ1v) is 12.0. The molecule has 7 nitrogen and oxygen atoms in total. The van der Waals surface area contributed by atoms with Crippen molar-refractivity contribution in [2.24, 2.45) is 5.92 Å². The van der Waals surface area contributed by atoms with Crippen LogP contribution in [0.25, 0.3) is 0 Å². The molecule has 174 valence electrons. The second kappa shape index (κ2) is 9.71. The molecule has 2 unspecified atom stereocenters. The highest BCUT2D eigenvalue weighted by Gasteiger charge is 2.36. The Bertz CT molecular complexity index is 868. The largest absolute Gasteiger partial charge is 0.373 e. The van der Waals surface area contributed by atoms with Crippen LogP contribution in [0.15, 0.2) is 18.2 Å². The maximum absolute atomic E-state index is 13.1. The minimum absolute atomic E-state index is 0.0490. The van der Waals surface area contributed by atoms with Crippen LogP contribution in [-0.2, 0) is 4.74 Å². The number of carbonyl (C=O) groups excluding carboxylic acids is 3. The molecule has 3 aliphatic rings. The molecule has 32 heavy (non-hydrogen) atoms. The summed E-state index contributed by atoms with van der Waals surface area (Å²) >= 11 is 0. The quantitative estimate of drug-likeness (QED) is 0.635. The number of likely N-dealkylation sites (tertiary alicyclic amines) is 1. The van der Waals surface area contributed by atoms with Crippen molar-refractivity contribution in [3.8, 4) is 0 Å². The number of hydrogen-bond acceptors (Lipinski definition) is 5. The molecule has 3 heterocycles. The summed E-state index contributed by atoms with van der Waals surface area (Å²) in [4.78, 5) is 44.0. The van der Waals surface area contributed by atoms with Gasteiger partial charge in [0.2, 0.25) is 0 Å². The highest BCUT2D eigenvalue weighted by molar-refractivity contribution is 6.22. The Balaban J connectivity index is 1.35. The zero-order valence-corrected chi connectivity index (χ0v) is 19.5. The van der Waals surface area contributed by atoms with Crippen molar-refractivity contribution in [2.75, 3.05) is 39.3 Å². The predicted octanol–water partition coefficient (Wildman–Crippen LogP) is 3.04. The fourth-order valence-corrected chi connectivity index (χ4v) is 5.24. The van der Waals surface area contributed by atoms with Crippen LogP contribution in [0.5, 0.6) is 0 Å². The molecule has 0 N–H and O–H groups in total. The smallest absolute Gasteiger partial charge is 0.261 e. The number of rotatable bonds is 6. The maximum atomic E-state index is 13.1. The molecule has 4 rings (SSSR count). The molecule has 7 heteroatoms. The van der Waals surface area contributed by atoms with Gasteiger partial charge in [-0.05, 0) is 57.2 Å². The number of nitrogens with zero attached hydrogens (tertiary/aromatic N) is 3. The van der Waals surface area contributed by atoms with E-state index in [1.54, 1.807) is 18.2 Å². The molecule has 0 aromatic heterocycles. The van der Waals surface area contributed by atoms with Crippen molar-refractivity contribution in [3.63, 3.8) is 0 Å². The lowest BCUT2D eigenvalue weighted by atomic mass is 9.95. The third-order valence-corrected chi connectivity index (χ3v) is 6.87. The number of morpholine rings is 1. The van der Waals surface area contributed by atoms with Gasteiger partial charge in [0, 0.05) is 44.8 Å². The van der Waals surface area contributed by atoms with E-state index in [2.05, 4.69) is 18.7 Å². The third kappa shape index (κ3) is 4.74. The van der Waals surface area contributed by atoms with Gasteiger partial charge in [0.05, 0.1) is 23.3 Å². The van der Waals surface area contributed by atoms with E-state index >= 15 is 0 Å². The van der Waals surface area contributed by atoms with Gasteiger partial charge < -0.3 is 9.64 Å². The standard InChI is InChI=1S/C25H35N3O4/c1-4-5-10-28-24(30)21-7-6-20(13-22(21)25(28)31)23(29)27-11-8-19(9-12-27)16-26-14-17(2)32-18(3)15-26/h6-7,13,17-19H,4-5,8-12,14-16H2,1-3H3. The van der Waals surface area contributed by atoms with E-state index in [1.165, 1.54) is 4.90 Å². The van der Waals surface area contributed by atoms with Gasteiger partial charge >= 0.3 is 0 Å². The molecule has 2 saturated heterocycles. The van der Waals surface area contributed by atoms with Crippen LogP contribution in [0.4, 0.5) is 0 Å². The van der Waals surface area contributed by atoms with Gasteiger partial charge in [0.15, 0.2) is 0 Å². The number of fused-ring (bicyclic) bond motifs is 1. The predicted molar refractivity (Wildman–Crippen MR) is 122 cm³/mol. The molecule has 0 saturated carbocycles. The lowest BCUT2D eigenvalue weighted by Gasteiger charge is -2.39. The summed E-state index contributed by atoms with van der Waals surface area (Å²) in [7, 11) is 0. The number of carbonyl (C=O) groups is 3. The Labute approximate surface area is 190 Å². The lowest BCUT2D eigenvalue weighted by Crippen LogP contribution is -2.48. The van der Waals surface area contributed by atoms with Gasteiger partial charge in [-0.15, -0.1) is 0 Å². The summed E-state index contributed by atoms with van der Waals surface area (Å²) in [5.74, 6) is 0.0146. The minimum atomic E-state index is -0.277. The Kier molecular flexibility index (Phi) is 6.96. The fourth-order valence-electron chi connectivity index (χ4n) is 5.24. The van der Waals surface area contributed by atoms with Gasteiger partial charge in [-0.1, -0.05) is 13.3 Å². The van der Waals surface area contributed by atoms with Crippen LogP contribution >= 0.6 is 0 Å². The highest BCUT2D eigenvalue weighted by atomic mass is 16.5. The topological polar surface area (TPSA) is 70.2 Å². The number of piperidine rings is 1. The van der Waals surface area contributed by atoms with Gasteiger partial charge in [-0.25, -0.2) is 0 Å². The first kappa shape index (κ1) is 22.9. The van der Waals surface area contributed by atoms with Crippen LogP contribution < -0.4 is 0 Å². The summed E-state index contributed by atoms with van der Waals surface area (Å²) in [5.41, 5.74) is 1.27. The van der Waals surface area contributed by atoms with E-state index < -0.39 is 0 Å². The molecular weight excluding hydrogens is 406 g/mol. The number of imide groups is 1. The normalized spacial score (nSPS) is 24.8. The van der Waals surface area contributed by atoms with Gasteiger partial charge in [0.25, 0.3) is 17.7 Å². The van der Waals surface area contributed by atoms with Crippen LogP contribution in [-0.4, -0.2) is 83.9 Å². The van der Waals surface area contributed by atoms with Crippen LogP contribution in [0, 0.1) is 5.92 Å². The molecule has 1 aromatic rings. The zero-order chi connectivity index (χ0) is 22.8. The van der Waals surface area contributed by atoms with Crippen LogP contribution in [0.1, 0.15) is 77.5 Å². The Morgan fingerprint density at radius 2 is 1.69 bits per heavy atom. The average Bonchev–Trinajstić information content (AvgIpc) is 3.01. The molecule has 2 fully saturated rings. The average molecular weight is 442 g/mol. The molecule has 0 radical (unpaired) electrons. The Morgan fingerprint density at radius 3 is 2.34 bits per heavy atom. The van der Waals surface area contributed by atoms with Gasteiger partial charge in [0.1, 0.15) is 0 Å². The van der Waals surface area contributed by atoms with E-state index in [4.69, 9.17) is 4.74 Å². The minimum Gasteiger partial charge on any atom is -0.373 e. The second-order valence-electron chi connectivity index (χ2n) is 9.59. The third-order valence-electron chi connectivity index (χ3n) is 6.87. The first-order valence-electron chi connectivity index (χ1n) is 12.0. The monoisotopic (exact) mass is 441 g/mol. The summed E-state index contributed by atoms with van der Waals surface area (Å²) in [5, 5.41) is 0.